The summed E-state index contributed by atoms with van der Waals surface area (Å²) in [6.45, 7) is 4.03. The molecule has 0 saturated carbocycles. The van der Waals surface area contributed by atoms with Gasteiger partial charge >= 0.3 is 5.97 Å². The van der Waals surface area contributed by atoms with Gasteiger partial charge in [0.15, 0.2) is 0 Å². The maximum Gasteiger partial charge on any atom is 0.326 e. The van der Waals surface area contributed by atoms with Crippen LogP contribution in [0.25, 0.3) is 0 Å². The Kier molecular flexibility index (Phi) is 4.08. The number of carboxylic acid groups (broad SMARTS) is 1. The van der Waals surface area contributed by atoms with E-state index in [0.29, 0.717) is 19.4 Å². The molecule has 1 aliphatic rings. The molecule has 0 bridgehead atoms. The fourth-order valence-corrected chi connectivity index (χ4v) is 1.63. The summed E-state index contributed by atoms with van der Waals surface area (Å²) in [7, 11) is 0. The number of amides is 1. The lowest BCUT2D eigenvalue weighted by molar-refractivity contribution is -0.142. The van der Waals surface area contributed by atoms with E-state index in [2.05, 4.69) is 5.32 Å². The highest BCUT2D eigenvalue weighted by atomic mass is 16.5. The van der Waals surface area contributed by atoms with E-state index >= 15 is 0 Å². The summed E-state index contributed by atoms with van der Waals surface area (Å²) in [5, 5.41) is 11.3. The summed E-state index contributed by atoms with van der Waals surface area (Å²) >= 11 is 0. The Morgan fingerprint density at radius 3 is 2.67 bits per heavy atom. The van der Waals surface area contributed by atoms with Crippen LogP contribution in [0, 0.1) is 5.92 Å². The van der Waals surface area contributed by atoms with E-state index in [1.807, 2.05) is 6.92 Å². The van der Waals surface area contributed by atoms with Crippen LogP contribution in [0.3, 0.4) is 0 Å². The number of carbonyl (C=O) groups excluding carboxylic acids is 1. The number of carbonyl (C=O) groups is 2. The van der Waals surface area contributed by atoms with E-state index in [-0.39, 0.29) is 17.9 Å². The van der Waals surface area contributed by atoms with Crippen LogP contribution < -0.4 is 5.32 Å². The number of aliphatic carboxylic acids is 1. The third-order valence-corrected chi connectivity index (χ3v) is 2.59. The third-order valence-electron chi connectivity index (χ3n) is 2.59. The Morgan fingerprint density at radius 1 is 1.60 bits per heavy atom. The monoisotopic (exact) mass is 215 g/mol. The van der Waals surface area contributed by atoms with E-state index < -0.39 is 12.0 Å². The van der Waals surface area contributed by atoms with Gasteiger partial charge in [0.05, 0.1) is 18.6 Å². The Balaban J connectivity index is 2.44. The molecule has 2 unspecified atom stereocenters. The van der Waals surface area contributed by atoms with Gasteiger partial charge in [0.1, 0.15) is 6.04 Å². The molecule has 0 radical (unpaired) electrons. The highest BCUT2D eigenvalue weighted by molar-refractivity contribution is 5.85. The molecule has 5 heteroatoms. The lowest BCUT2D eigenvalue weighted by atomic mass is 10.0. The van der Waals surface area contributed by atoms with Crippen LogP contribution in [0.5, 0.6) is 0 Å². The number of ether oxygens (including phenoxy) is 1. The summed E-state index contributed by atoms with van der Waals surface area (Å²) in [5.41, 5.74) is 0. The molecule has 1 aliphatic heterocycles. The SMILES string of the molecule is CC[C@@H](NC(=O)C1COC(C)C1)C(=O)O. The molecule has 3 atom stereocenters. The zero-order chi connectivity index (χ0) is 11.4. The van der Waals surface area contributed by atoms with Gasteiger partial charge < -0.3 is 15.2 Å². The van der Waals surface area contributed by atoms with Crippen molar-refractivity contribution in [3.8, 4) is 0 Å². The van der Waals surface area contributed by atoms with Crippen LogP contribution in [0.15, 0.2) is 0 Å². The smallest absolute Gasteiger partial charge is 0.326 e. The summed E-state index contributed by atoms with van der Waals surface area (Å²) in [6.07, 6.45) is 1.15. The van der Waals surface area contributed by atoms with Gasteiger partial charge in [-0.1, -0.05) is 6.92 Å². The lowest BCUT2D eigenvalue weighted by Gasteiger charge is -2.14. The van der Waals surface area contributed by atoms with Gasteiger partial charge in [-0.2, -0.15) is 0 Å². The number of hydrogen-bond donors (Lipinski definition) is 2. The van der Waals surface area contributed by atoms with Crippen molar-refractivity contribution in [2.75, 3.05) is 6.61 Å². The van der Waals surface area contributed by atoms with Crippen molar-refractivity contribution in [3.05, 3.63) is 0 Å². The minimum Gasteiger partial charge on any atom is -0.480 e. The van der Waals surface area contributed by atoms with Crippen LogP contribution in [-0.4, -0.2) is 35.7 Å². The Labute approximate surface area is 88.8 Å². The summed E-state index contributed by atoms with van der Waals surface area (Å²) in [4.78, 5) is 22.3. The molecule has 15 heavy (non-hydrogen) atoms. The van der Waals surface area contributed by atoms with Crippen LogP contribution >= 0.6 is 0 Å². The van der Waals surface area contributed by atoms with Crippen molar-refractivity contribution in [2.24, 2.45) is 5.92 Å². The zero-order valence-electron chi connectivity index (χ0n) is 9.03. The maximum absolute atomic E-state index is 11.6. The summed E-state index contributed by atoms with van der Waals surface area (Å²) in [5.74, 6) is -1.40. The molecule has 1 amide bonds. The molecule has 0 spiro atoms. The maximum atomic E-state index is 11.6. The second kappa shape index (κ2) is 5.11. The quantitative estimate of drug-likeness (QED) is 0.711. The van der Waals surface area contributed by atoms with Crippen molar-refractivity contribution in [1.29, 1.82) is 0 Å². The second-order valence-electron chi connectivity index (χ2n) is 3.88. The Morgan fingerprint density at radius 2 is 2.27 bits per heavy atom. The molecule has 0 aliphatic carbocycles. The number of nitrogens with one attached hydrogen (secondary N) is 1. The molecule has 86 valence electrons. The van der Waals surface area contributed by atoms with Gasteiger partial charge in [0, 0.05) is 0 Å². The molecule has 1 heterocycles. The largest absolute Gasteiger partial charge is 0.480 e. The fourth-order valence-electron chi connectivity index (χ4n) is 1.63. The Hall–Kier alpha value is -1.10. The molecular weight excluding hydrogens is 198 g/mol. The van der Waals surface area contributed by atoms with E-state index in [0.717, 1.165) is 0 Å². The topological polar surface area (TPSA) is 75.6 Å². The van der Waals surface area contributed by atoms with Gasteiger partial charge in [-0.05, 0) is 19.8 Å². The number of carboxylic acids is 1. The van der Waals surface area contributed by atoms with Gasteiger partial charge in [0.2, 0.25) is 5.91 Å². The standard InChI is InChI=1S/C10H17NO4/c1-3-8(10(13)14)11-9(12)7-4-6(2)15-5-7/h6-8H,3-5H2,1-2H3,(H,11,12)(H,13,14)/t6?,7?,8-/m1/s1. The molecule has 0 aromatic carbocycles. The van der Waals surface area contributed by atoms with Gasteiger partial charge in [-0.3, -0.25) is 4.79 Å². The third kappa shape index (κ3) is 3.20. The fraction of sp³-hybridized carbons (Fsp3) is 0.800. The zero-order valence-corrected chi connectivity index (χ0v) is 9.03. The minimum atomic E-state index is -0.988. The van der Waals surface area contributed by atoms with Gasteiger partial charge in [-0.25, -0.2) is 4.79 Å². The highest BCUT2D eigenvalue weighted by Gasteiger charge is 2.30. The average molecular weight is 215 g/mol. The van der Waals surface area contributed by atoms with Gasteiger partial charge in [-0.15, -0.1) is 0 Å². The van der Waals surface area contributed by atoms with E-state index in [4.69, 9.17) is 9.84 Å². The first-order valence-corrected chi connectivity index (χ1v) is 5.19. The molecular formula is C10H17NO4. The van der Waals surface area contributed by atoms with Gasteiger partial charge in [0.25, 0.3) is 0 Å². The van der Waals surface area contributed by atoms with E-state index in [1.165, 1.54) is 0 Å². The van der Waals surface area contributed by atoms with Crippen LogP contribution in [0.1, 0.15) is 26.7 Å². The molecule has 2 N–H and O–H groups in total. The van der Waals surface area contributed by atoms with E-state index in [1.54, 1.807) is 6.92 Å². The van der Waals surface area contributed by atoms with Crippen LogP contribution in [0.4, 0.5) is 0 Å². The normalized spacial score (nSPS) is 27.3. The first kappa shape index (κ1) is 12.0. The minimum absolute atomic E-state index is 0.0886. The molecule has 1 rings (SSSR count). The average Bonchev–Trinajstić information content (AvgIpc) is 2.60. The molecule has 1 fully saturated rings. The van der Waals surface area contributed by atoms with Crippen LogP contribution in [-0.2, 0) is 14.3 Å². The molecule has 0 aromatic heterocycles. The molecule has 1 saturated heterocycles. The molecule has 0 aromatic rings. The van der Waals surface area contributed by atoms with Crippen molar-refractivity contribution in [3.63, 3.8) is 0 Å². The van der Waals surface area contributed by atoms with Crippen LogP contribution in [0.2, 0.25) is 0 Å². The van der Waals surface area contributed by atoms with E-state index in [9.17, 15) is 9.59 Å². The summed E-state index contributed by atoms with van der Waals surface area (Å²) in [6, 6.07) is -0.784. The Bertz CT molecular complexity index is 254. The van der Waals surface area contributed by atoms with Crippen molar-refractivity contribution in [1.82, 2.24) is 5.32 Å². The predicted molar refractivity (Wildman–Crippen MR) is 53.4 cm³/mol. The first-order chi connectivity index (χ1) is 7.04. The lowest BCUT2D eigenvalue weighted by Crippen LogP contribution is -2.43. The molecule has 5 nitrogen and oxygen atoms in total. The first-order valence-electron chi connectivity index (χ1n) is 5.19. The predicted octanol–water partition coefficient (Wildman–Crippen LogP) is 0.391. The number of hydrogen-bond acceptors (Lipinski definition) is 3. The number of rotatable bonds is 4. The highest BCUT2D eigenvalue weighted by Crippen LogP contribution is 2.19. The van der Waals surface area contributed by atoms with Crippen molar-refractivity contribution in [2.45, 2.75) is 38.8 Å². The second-order valence-corrected chi connectivity index (χ2v) is 3.88. The van der Waals surface area contributed by atoms with Crippen molar-refractivity contribution < 1.29 is 19.4 Å². The summed E-state index contributed by atoms with van der Waals surface area (Å²) < 4.78 is 5.25. The van der Waals surface area contributed by atoms with Crippen molar-refractivity contribution >= 4 is 11.9 Å².